The van der Waals surface area contributed by atoms with E-state index in [4.69, 9.17) is 28.8 Å². The van der Waals surface area contributed by atoms with E-state index in [0.717, 1.165) is 49.9 Å². The highest BCUT2D eigenvalue weighted by atomic mass is 16.6. The Morgan fingerprint density at radius 3 is 2.49 bits per heavy atom. The van der Waals surface area contributed by atoms with Gasteiger partial charge in [-0.3, -0.25) is 19.5 Å². The van der Waals surface area contributed by atoms with Crippen molar-refractivity contribution in [3.63, 3.8) is 0 Å². The molecule has 0 bridgehead atoms. The van der Waals surface area contributed by atoms with Gasteiger partial charge in [-0.25, -0.2) is 4.79 Å². The highest BCUT2D eigenvalue weighted by Crippen LogP contribution is 2.50. The number of pyridine rings is 1. The lowest BCUT2D eigenvalue weighted by molar-refractivity contribution is -0.155. The largest absolute Gasteiger partial charge is 0.497 e. The van der Waals surface area contributed by atoms with Crippen molar-refractivity contribution in [2.24, 2.45) is 17.8 Å². The summed E-state index contributed by atoms with van der Waals surface area (Å²) in [5, 5.41) is 8.22. The molecule has 2 aliphatic heterocycles. The standard InChI is InChI=1S/C38H41N3O8.CH4O/c1-21-13-23(16-33(46-3)36(21)49-34(42)14-22-7-10-39-11-8-22)37(43)48-26-15-24-20-41-12-9-28-27-6-5-25(45-2)18-31(27)40-35(28)32(41)19-29(24)30(17-26)38(44)47-4;1-2/h5-8,10-11,13,16,18,24,26,29-30,32,40H,9,12,14-15,17,19-20H2,1-4H3;2H,1H3/t24-,26?,29+,30?,32?;/m1./s1. The van der Waals surface area contributed by atoms with Crippen LogP contribution in [0.25, 0.3) is 10.9 Å². The van der Waals surface area contributed by atoms with Crippen LogP contribution in [-0.2, 0) is 31.9 Å². The van der Waals surface area contributed by atoms with E-state index in [9.17, 15) is 14.4 Å². The van der Waals surface area contributed by atoms with Gasteiger partial charge in [0, 0.05) is 55.3 Å². The number of aliphatic hydroxyl groups excluding tert-OH is 1. The second-order valence-corrected chi connectivity index (χ2v) is 13.3. The van der Waals surface area contributed by atoms with Crippen molar-refractivity contribution in [1.29, 1.82) is 0 Å². The summed E-state index contributed by atoms with van der Waals surface area (Å²) in [4.78, 5) is 49.7. The molecule has 0 spiro atoms. The minimum atomic E-state index is -0.520. The maximum absolute atomic E-state index is 13.6. The molecule has 12 heteroatoms. The number of ether oxygens (including phenoxy) is 5. The second kappa shape index (κ2) is 15.5. The topological polar surface area (TPSA) is 150 Å². The number of piperidine rings is 1. The van der Waals surface area contributed by atoms with E-state index < -0.39 is 24.0 Å². The van der Waals surface area contributed by atoms with Gasteiger partial charge >= 0.3 is 17.9 Å². The van der Waals surface area contributed by atoms with Gasteiger partial charge in [0.25, 0.3) is 0 Å². The number of aromatic amines is 1. The monoisotopic (exact) mass is 699 g/mol. The van der Waals surface area contributed by atoms with Crippen LogP contribution in [-0.4, -0.2) is 85.5 Å². The summed E-state index contributed by atoms with van der Waals surface area (Å²) in [6, 6.07) is 13.0. The molecule has 0 amide bonds. The van der Waals surface area contributed by atoms with Crippen molar-refractivity contribution >= 4 is 28.8 Å². The molecule has 3 unspecified atom stereocenters. The van der Waals surface area contributed by atoms with Crippen LogP contribution in [0.4, 0.5) is 0 Å². The van der Waals surface area contributed by atoms with Crippen LogP contribution >= 0.6 is 0 Å². The van der Waals surface area contributed by atoms with Gasteiger partial charge in [-0.05, 0) is 97.5 Å². The fourth-order valence-corrected chi connectivity index (χ4v) is 8.23. The normalized spacial score (nSPS) is 22.3. The molecule has 1 saturated heterocycles. The third kappa shape index (κ3) is 7.29. The van der Waals surface area contributed by atoms with Crippen molar-refractivity contribution < 1.29 is 43.2 Å². The minimum Gasteiger partial charge on any atom is -0.497 e. The molecule has 2 aromatic carbocycles. The van der Waals surface area contributed by atoms with Crippen molar-refractivity contribution in [3.8, 4) is 17.2 Å². The van der Waals surface area contributed by atoms with Crippen LogP contribution < -0.4 is 14.2 Å². The van der Waals surface area contributed by atoms with E-state index in [1.165, 1.54) is 36.9 Å². The maximum Gasteiger partial charge on any atom is 0.338 e. The fraction of sp³-hybridized carbons (Fsp3) is 0.436. The minimum absolute atomic E-state index is 0.0659. The second-order valence-electron chi connectivity index (χ2n) is 13.3. The van der Waals surface area contributed by atoms with E-state index in [1.54, 1.807) is 44.6 Å². The van der Waals surface area contributed by atoms with Crippen LogP contribution in [0, 0.1) is 24.7 Å². The van der Waals surface area contributed by atoms with E-state index >= 15 is 0 Å². The molecular formula is C39H45N3O9. The zero-order valence-electron chi connectivity index (χ0n) is 29.6. The van der Waals surface area contributed by atoms with Gasteiger partial charge in [-0.1, -0.05) is 0 Å². The quantitative estimate of drug-likeness (QED) is 0.189. The number of aromatic nitrogens is 2. The molecular weight excluding hydrogens is 654 g/mol. The summed E-state index contributed by atoms with van der Waals surface area (Å²) < 4.78 is 28.1. The molecule has 2 aromatic heterocycles. The fourth-order valence-electron chi connectivity index (χ4n) is 8.23. The summed E-state index contributed by atoms with van der Waals surface area (Å²) in [5.74, 6) is -0.0603. The maximum atomic E-state index is 13.6. The number of carbonyl (C=O) groups is 3. The first kappa shape index (κ1) is 35.9. The Bertz CT molecular complexity index is 1890. The van der Waals surface area contributed by atoms with Gasteiger partial charge < -0.3 is 33.8 Å². The van der Waals surface area contributed by atoms with Crippen molar-refractivity contribution in [3.05, 3.63) is 82.8 Å². The molecule has 270 valence electrons. The Morgan fingerprint density at radius 2 is 1.76 bits per heavy atom. The zero-order valence-corrected chi connectivity index (χ0v) is 29.6. The van der Waals surface area contributed by atoms with Gasteiger partial charge in [0.05, 0.1) is 45.3 Å². The summed E-state index contributed by atoms with van der Waals surface area (Å²) in [5.41, 5.74) is 5.24. The summed E-state index contributed by atoms with van der Waals surface area (Å²) in [7, 11) is 5.55. The molecule has 2 fully saturated rings. The van der Waals surface area contributed by atoms with Crippen LogP contribution in [0.15, 0.2) is 54.9 Å². The zero-order chi connectivity index (χ0) is 36.2. The first-order chi connectivity index (χ1) is 24.8. The number of nitrogens with zero attached hydrogens (tertiary/aromatic N) is 2. The average Bonchev–Trinajstić information content (AvgIpc) is 3.53. The van der Waals surface area contributed by atoms with E-state index in [0.29, 0.717) is 18.4 Å². The van der Waals surface area contributed by atoms with E-state index in [1.807, 2.05) is 12.1 Å². The number of aliphatic hydroxyl groups is 1. The number of hydrogen-bond donors (Lipinski definition) is 2. The number of aryl methyl sites for hydroxylation is 1. The third-order valence-electron chi connectivity index (χ3n) is 10.5. The number of rotatable bonds is 8. The van der Waals surface area contributed by atoms with Gasteiger partial charge in [0.15, 0.2) is 11.5 Å². The van der Waals surface area contributed by atoms with E-state index in [2.05, 4.69) is 20.9 Å². The number of H-pyrrole nitrogens is 1. The van der Waals surface area contributed by atoms with Crippen molar-refractivity contribution in [2.45, 2.75) is 51.2 Å². The van der Waals surface area contributed by atoms with Crippen molar-refractivity contribution in [2.75, 3.05) is 41.5 Å². The first-order valence-corrected chi connectivity index (χ1v) is 17.2. The van der Waals surface area contributed by atoms with Crippen LogP contribution in [0.3, 0.4) is 0 Å². The van der Waals surface area contributed by atoms with Crippen LogP contribution in [0.5, 0.6) is 17.2 Å². The molecule has 12 nitrogen and oxygen atoms in total. The number of esters is 3. The first-order valence-electron chi connectivity index (χ1n) is 17.2. The number of benzene rings is 2. The number of carbonyl (C=O) groups excluding carboxylic acids is 3. The highest BCUT2D eigenvalue weighted by Gasteiger charge is 2.49. The summed E-state index contributed by atoms with van der Waals surface area (Å²) in [6.07, 6.45) is 5.64. The lowest BCUT2D eigenvalue weighted by Gasteiger charge is -2.51. The van der Waals surface area contributed by atoms with Gasteiger partial charge in [-0.2, -0.15) is 0 Å². The Hall–Kier alpha value is -4.94. The van der Waals surface area contributed by atoms with Crippen molar-refractivity contribution in [1.82, 2.24) is 14.9 Å². The predicted octanol–water partition coefficient (Wildman–Crippen LogP) is 4.99. The molecule has 0 radical (unpaired) electrons. The van der Waals surface area contributed by atoms with Crippen LogP contribution in [0.1, 0.15) is 58.0 Å². The Morgan fingerprint density at radius 1 is 0.980 bits per heavy atom. The number of methoxy groups -OCH3 is 3. The molecule has 7 rings (SSSR count). The Kier molecular flexibility index (Phi) is 10.9. The molecule has 2 N–H and O–H groups in total. The molecule has 1 saturated carbocycles. The number of nitrogens with one attached hydrogen (secondary N) is 1. The van der Waals surface area contributed by atoms with E-state index in [-0.39, 0.29) is 47.3 Å². The smallest absolute Gasteiger partial charge is 0.338 e. The third-order valence-corrected chi connectivity index (χ3v) is 10.5. The lowest BCUT2D eigenvalue weighted by atomic mass is 9.65. The molecule has 5 atom stereocenters. The molecule has 4 aromatic rings. The molecule has 1 aliphatic carbocycles. The summed E-state index contributed by atoms with van der Waals surface area (Å²) >= 11 is 0. The number of fused-ring (bicyclic) bond motifs is 6. The van der Waals surface area contributed by atoms with Gasteiger partial charge in [-0.15, -0.1) is 0 Å². The Labute approximate surface area is 297 Å². The van der Waals surface area contributed by atoms with Crippen LogP contribution in [0.2, 0.25) is 0 Å². The SMILES string of the molecule is CO.COC(=O)C1CC(OC(=O)c2cc(C)c(OC(=O)Cc3ccncc3)c(OC)c2)C[C@@H]2CN3CCc4c([nH]c5cc(OC)ccc45)C3C[C@H]12. The lowest BCUT2D eigenvalue weighted by Crippen LogP contribution is -2.52. The summed E-state index contributed by atoms with van der Waals surface area (Å²) in [6.45, 7) is 3.48. The number of hydrogen-bond acceptors (Lipinski definition) is 11. The Balaban J connectivity index is 0.00000220. The highest BCUT2D eigenvalue weighted by molar-refractivity contribution is 5.91. The van der Waals surface area contributed by atoms with Gasteiger partial charge in [0.2, 0.25) is 0 Å². The molecule has 4 heterocycles. The molecule has 3 aliphatic rings. The average molecular weight is 700 g/mol. The van der Waals surface area contributed by atoms with Gasteiger partial charge in [0.1, 0.15) is 11.9 Å². The predicted molar refractivity (Wildman–Crippen MR) is 188 cm³/mol. The molecule has 51 heavy (non-hydrogen) atoms.